The van der Waals surface area contributed by atoms with E-state index >= 15 is 0 Å². The summed E-state index contributed by atoms with van der Waals surface area (Å²) in [5.74, 6) is 0.0902. The van der Waals surface area contributed by atoms with Gasteiger partial charge in [-0.3, -0.25) is 9.59 Å². The highest BCUT2D eigenvalue weighted by molar-refractivity contribution is 5.73. The molecule has 0 aliphatic carbocycles. The minimum absolute atomic E-state index is 0.0902. The van der Waals surface area contributed by atoms with Gasteiger partial charge in [-0.2, -0.15) is 0 Å². The molecule has 1 fully saturated rings. The predicted octanol–water partition coefficient (Wildman–Crippen LogP) is -0.305. The molecule has 0 bridgehead atoms. The smallest absolute Gasteiger partial charge is 0.219 e. The lowest BCUT2D eigenvalue weighted by Crippen LogP contribution is -2.52. The molecule has 1 heterocycles. The first-order chi connectivity index (χ1) is 5.65. The second-order valence-corrected chi connectivity index (χ2v) is 3.16. The summed E-state index contributed by atoms with van der Waals surface area (Å²) in [6, 6.07) is 0.153. The van der Waals surface area contributed by atoms with E-state index in [0.717, 1.165) is 6.41 Å². The molecule has 1 saturated heterocycles. The molecule has 12 heavy (non-hydrogen) atoms. The summed E-state index contributed by atoms with van der Waals surface area (Å²) in [6.07, 6.45) is 0.849. The zero-order chi connectivity index (χ0) is 9.14. The number of piperazine rings is 1. The summed E-state index contributed by atoms with van der Waals surface area (Å²) in [5.41, 5.74) is 0. The Bertz CT molecular complexity index is 193. The largest absolute Gasteiger partial charge is 0.339 e. The third kappa shape index (κ3) is 1.75. The van der Waals surface area contributed by atoms with Gasteiger partial charge in [0, 0.05) is 32.6 Å². The zero-order valence-corrected chi connectivity index (χ0v) is 7.49. The number of nitrogens with zero attached hydrogens (tertiary/aromatic N) is 2. The molecule has 4 heteroatoms. The summed E-state index contributed by atoms with van der Waals surface area (Å²) in [7, 11) is 0. The second-order valence-electron chi connectivity index (χ2n) is 3.16. The minimum Gasteiger partial charge on any atom is -0.339 e. The van der Waals surface area contributed by atoms with Crippen LogP contribution >= 0.6 is 0 Å². The molecule has 68 valence electrons. The van der Waals surface area contributed by atoms with Gasteiger partial charge in [0.1, 0.15) is 0 Å². The van der Waals surface area contributed by atoms with Crippen molar-refractivity contribution in [1.29, 1.82) is 0 Å². The summed E-state index contributed by atoms with van der Waals surface area (Å²) in [4.78, 5) is 24.9. The minimum atomic E-state index is 0.0902. The molecule has 0 aromatic heterocycles. The molecule has 2 amide bonds. The number of carbonyl (C=O) groups excluding carboxylic acids is 2. The van der Waals surface area contributed by atoms with Crippen LogP contribution in [-0.4, -0.2) is 47.8 Å². The molecular weight excluding hydrogens is 156 g/mol. The van der Waals surface area contributed by atoms with E-state index in [1.165, 1.54) is 0 Å². The Hall–Kier alpha value is -1.06. The van der Waals surface area contributed by atoms with Crippen molar-refractivity contribution in [2.45, 2.75) is 19.9 Å². The zero-order valence-electron chi connectivity index (χ0n) is 7.49. The quantitative estimate of drug-likeness (QED) is 0.507. The SMILES string of the molecule is CC(=O)N1CCN(C=O)[C@H](C)C1. The van der Waals surface area contributed by atoms with Crippen molar-refractivity contribution in [2.24, 2.45) is 0 Å². The Morgan fingerprint density at radius 3 is 2.58 bits per heavy atom. The Balaban J connectivity index is 2.51. The fourth-order valence-electron chi connectivity index (χ4n) is 1.41. The first kappa shape index (κ1) is 9.03. The van der Waals surface area contributed by atoms with Crippen LogP contribution in [0.25, 0.3) is 0 Å². The van der Waals surface area contributed by atoms with E-state index in [1.807, 2.05) is 6.92 Å². The van der Waals surface area contributed by atoms with Crippen LogP contribution in [0.4, 0.5) is 0 Å². The van der Waals surface area contributed by atoms with Crippen LogP contribution in [0.15, 0.2) is 0 Å². The average Bonchev–Trinajstić information content (AvgIpc) is 2.04. The van der Waals surface area contributed by atoms with Crippen LogP contribution in [0.5, 0.6) is 0 Å². The van der Waals surface area contributed by atoms with Gasteiger partial charge in [-0.15, -0.1) is 0 Å². The molecule has 1 atom stereocenters. The summed E-state index contributed by atoms with van der Waals surface area (Å²) >= 11 is 0. The average molecular weight is 170 g/mol. The van der Waals surface area contributed by atoms with Crippen molar-refractivity contribution in [3.63, 3.8) is 0 Å². The fourth-order valence-corrected chi connectivity index (χ4v) is 1.41. The van der Waals surface area contributed by atoms with E-state index in [4.69, 9.17) is 0 Å². The number of carbonyl (C=O) groups is 2. The van der Waals surface area contributed by atoms with E-state index in [9.17, 15) is 9.59 Å². The highest BCUT2D eigenvalue weighted by Gasteiger charge is 2.23. The summed E-state index contributed by atoms with van der Waals surface area (Å²) in [5, 5.41) is 0. The Labute approximate surface area is 72.1 Å². The lowest BCUT2D eigenvalue weighted by atomic mass is 10.2. The molecule has 1 aliphatic rings. The first-order valence-electron chi connectivity index (χ1n) is 4.11. The lowest BCUT2D eigenvalue weighted by Gasteiger charge is -2.37. The van der Waals surface area contributed by atoms with E-state index in [-0.39, 0.29) is 11.9 Å². The molecule has 4 nitrogen and oxygen atoms in total. The Morgan fingerprint density at radius 2 is 2.17 bits per heavy atom. The number of hydrogen-bond donors (Lipinski definition) is 0. The van der Waals surface area contributed by atoms with Gasteiger partial charge >= 0.3 is 0 Å². The van der Waals surface area contributed by atoms with Gasteiger partial charge in [0.05, 0.1) is 0 Å². The highest BCUT2D eigenvalue weighted by atomic mass is 16.2. The molecule has 0 radical (unpaired) electrons. The number of rotatable bonds is 1. The lowest BCUT2D eigenvalue weighted by molar-refractivity contribution is -0.135. The van der Waals surface area contributed by atoms with Crippen LogP contribution < -0.4 is 0 Å². The topological polar surface area (TPSA) is 40.6 Å². The normalized spacial score (nSPS) is 24.0. The van der Waals surface area contributed by atoms with Crippen molar-refractivity contribution in [2.75, 3.05) is 19.6 Å². The molecule has 0 unspecified atom stereocenters. The Kier molecular flexibility index (Phi) is 2.68. The molecule has 1 rings (SSSR count). The van der Waals surface area contributed by atoms with Gasteiger partial charge in [-0.25, -0.2) is 0 Å². The van der Waals surface area contributed by atoms with Gasteiger partial charge in [0.2, 0.25) is 12.3 Å². The molecule has 0 spiro atoms. The Morgan fingerprint density at radius 1 is 1.50 bits per heavy atom. The van der Waals surface area contributed by atoms with Crippen LogP contribution in [0.1, 0.15) is 13.8 Å². The molecule has 0 saturated carbocycles. The van der Waals surface area contributed by atoms with Crippen molar-refractivity contribution in [1.82, 2.24) is 9.80 Å². The van der Waals surface area contributed by atoms with Crippen LogP contribution in [0.2, 0.25) is 0 Å². The van der Waals surface area contributed by atoms with Gasteiger partial charge in [0.25, 0.3) is 0 Å². The van der Waals surface area contributed by atoms with Crippen LogP contribution in [-0.2, 0) is 9.59 Å². The van der Waals surface area contributed by atoms with E-state index in [0.29, 0.717) is 19.6 Å². The van der Waals surface area contributed by atoms with Crippen molar-refractivity contribution in [3.05, 3.63) is 0 Å². The van der Waals surface area contributed by atoms with Gasteiger partial charge < -0.3 is 9.80 Å². The third-order valence-corrected chi connectivity index (χ3v) is 2.26. The van der Waals surface area contributed by atoms with E-state index in [1.54, 1.807) is 16.7 Å². The molecule has 0 aromatic carbocycles. The van der Waals surface area contributed by atoms with E-state index in [2.05, 4.69) is 0 Å². The standard InChI is InChI=1S/C8H14N2O2/c1-7-5-9(8(2)12)3-4-10(7)6-11/h6-7H,3-5H2,1-2H3/t7-/m1/s1. The van der Waals surface area contributed by atoms with E-state index < -0.39 is 0 Å². The summed E-state index contributed by atoms with van der Waals surface area (Å²) < 4.78 is 0. The van der Waals surface area contributed by atoms with Crippen LogP contribution in [0.3, 0.4) is 0 Å². The molecule has 0 N–H and O–H groups in total. The number of hydrogen-bond acceptors (Lipinski definition) is 2. The van der Waals surface area contributed by atoms with Gasteiger partial charge in [0.15, 0.2) is 0 Å². The predicted molar refractivity (Wildman–Crippen MR) is 44.5 cm³/mol. The first-order valence-corrected chi connectivity index (χ1v) is 4.11. The molecule has 0 aromatic rings. The third-order valence-electron chi connectivity index (χ3n) is 2.26. The van der Waals surface area contributed by atoms with Crippen molar-refractivity contribution >= 4 is 12.3 Å². The monoisotopic (exact) mass is 170 g/mol. The van der Waals surface area contributed by atoms with Gasteiger partial charge in [-0.1, -0.05) is 0 Å². The maximum absolute atomic E-state index is 11.0. The maximum atomic E-state index is 11.0. The van der Waals surface area contributed by atoms with Crippen molar-refractivity contribution in [3.8, 4) is 0 Å². The second kappa shape index (κ2) is 3.56. The van der Waals surface area contributed by atoms with Crippen molar-refractivity contribution < 1.29 is 9.59 Å². The van der Waals surface area contributed by atoms with Crippen LogP contribution in [0, 0.1) is 0 Å². The maximum Gasteiger partial charge on any atom is 0.219 e. The molecule has 1 aliphatic heterocycles. The molecular formula is C8H14N2O2. The fraction of sp³-hybridized carbons (Fsp3) is 0.750. The highest BCUT2D eigenvalue weighted by Crippen LogP contribution is 2.06. The number of amides is 2. The summed E-state index contributed by atoms with van der Waals surface area (Å²) in [6.45, 7) is 5.49. The van der Waals surface area contributed by atoms with Gasteiger partial charge in [-0.05, 0) is 6.92 Å².